The van der Waals surface area contributed by atoms with Gasteiger partial charge < -0.3 is 19.9 Å². The molecule has 0 aromatic heterocycles. The second-order valence-electron chi connectivity index (χ2n) is 7.82. The fourth-order valence-corrected chi connectivity index (χ4v) is 4.49. The highest BCUT2D eigenvalue weighted by Gasteiger charge is 2.38. The molecule has 2 aromatic carbocycles. The summed E-state index contributed by atoms with van der Waals surface area (Å²) in [4.78, 5) is 28.5. The van der Waals surface area contributed by atoms with Crippen molar-refractivity contribution in [2.45, 2.75) is 44.7 Å². The van der Waals surface area contributed by atoms with E-state index in [2.05, 4.69) is 16.3 Å². The predicted octanol–water partition coefficient (Wildman–Crippen LogP) is 4.33. The van der Waals surface area contributed by atoms with Gasteiger partial charge in [0.25, 0.3) is 0 Å². The molecule has 0 unspecified atom stereocenters. The van der Waals surface area contributed by atoms with Crippen LogP contribution in [0.15, 0.2) is 42.5 Å². The van der Waals surface area contributed by atoms with E-state index in [4.69, 9.17) is 4.74 Å². The third kappa shape index (κ3) is 3.55. The van der Waals surface area contributed by atoms with E-state index in [1.54, 1.807) is 17.0 Å². The lowest BCUT2D eigenvalue weighted by atomic mass is 10.0. The normalized spacial score (nSPS) is 19.3. The third-order valence-corrected chi connectivity index (χ3v) is 6.03. The first-order valence-corrected chi connectivity index (χ1v) is 10.1. The summed E-state index contributed by atoms with van der Waals surface area (Å²) in [7, 11) is 3.22. The van der Waals surface area contributed by atoms with Gasteiger partial charge in [-0.2, -0.15) is 0 Å². The van der Waals surface area contributed by atoms with E-state index in [0.29, 0.717) is 11.6 Å². The summed E-state index contributed by atoms with van der Waals surface area (Å²) >= 11 is 0. The van der Waals surface area contributed by atoms with Crippen LogP contribution < -0.4 is 15.1 Å². The molecule has 1 aliphatic heterocycles. The summed E-state index contributed by atoms with van der Waals surface area (Å²) in [5.74, 6) is -0.206. The van der Waals surface area contributed by atoms with Crippen molar-refractivity contribution in [2.75, 3.05) is 29.3 Å². The van der Waals surface area contributed by atoms with Crippen molar-refractivity contribution in [3.63, 3.8) is 0 Å². The fraction of sp³-hybridized carbons (Fsp3) is 0.391. The van der Waals surface area contributed by atoms with E-state index in [-0.39, 0.29) is 17.9 Å². The van der Waals surface area contributed by atoms with E-state index in [0.717, 1.165) is 35.6 Å². The Balaban J connectivity index is 1.64. The number of hydrogen-bond donors (Lipinski definition) is 1. The highest BCUT2D eigenvalue weighted by atomic mass is 16.5. The topological polar surface area (TPSA) is 61.9 Å². The van der Waals surface area contributed by atoms with Crippen LogP contribution in [0.2, 0.25) is 0 Å². The van der Waals surface area contributed by atoms with Gasteiger partial charge >= 0.3 is 5.97 Å². The monoisotopic (exact) mass is 393 g/mol. The Labute approximate surface area is 171 Å². The maximum atomic E-state index is 12.8. The number of amides is 1. The number of benzene rings is 2. The summed E-state index contributed by atoms with van der Waals surface area (Å²) in [5.41, 5.74) is 4.41. The van der Waals surface area contributed by atoms with Crippen molar-refractivity contribution in [1.29, 1.82) is 0 Å². The fourth-order valence-electron chi connectivity index (χ4n) is 4.49. The van der Waals surface area contributed by atoms with Gasteiger partial charge in [-0.15, -0.1) is 0 Å². The Morgan fingerprint density at radius 2 is 1.69 bits per heavy atom. The maximum absolute atomic E-state index is 12.8. The van der Waals surface area contributed by atoms with Crippen molar-refractivity contribution in [1.82, 2.24) is 0 Å². The average Bonchev–Trinajstić information content (AvgIpc) is 3.26. The number of carbonyl (C=O) groups is 2. The molecule has 0 bridgehead atoms. The minimum atomic E-state index is -0.348. The Morgan fingerprint density at radius 3 is 2.34 bits per heavy atom. The van der Waals surface area contributed by atoms with Crippen LogP contribution in [-0.2, 0) is 9.53 Å². The summed E-state index contributed by atoms with van der Waals surface area (Å²) in [6.45, 7) is 2.01. The summed E-state index contributed by atoms with van der Waals surface area (Å²) in [6, 6.07) is 13.6. The minimum Gasteiger partial charge on any atom is -0.465 e. The first-order chi connectivity index (χ1) is 14.0. The largest absolute Gasteiger partial charge is 0.465 e. The van der Waals surface area contributed by atoms with Gasteiger partial charge in [0, 0.05) is 24.5 Å². The molecule has 29 heavy (non-hydrogen) atoms. The number of carbonyl (C=O) groups excluding carboxylic acids is 2. The number of esters is 1. The van der Waals surface area contributed by atoms with Crippen LogP contribution >= 0.6 is 0 Å². The van der Waals surface area contributed by atoms with E-state index in [1.165, 1.54) is 20.0 Å². The van der Waals surface area contributed by atoms with E-state index in [1.807, 2.05) is 38.2 Å². The summed E-state index contributed by atoms with van der Waals surface area (Å²) < 4.78 is 4.75. The molecule has 2 aromatic rings. The molecule has 1 aliphatic carbocycles. The molecule has 2 aliphatic rings. The summed E-state index contributed by atoms with van der Waals surface area (Å²) in [6.07, 6.45) is 4.70. The van der Waals surface area contributed by atoms with Crippen LogP contribution in [0.4, 0.5) is 22.7 Å². The van der Waals surface area contributed by atoms with Gasteiger partial charge in [-0.05, 0) is 62.2 Å². The number of nitrogens with one attached hydrogen (secondary N) is 1. The number of anilines is 4. The second-order valence-corrected chi connectivity index (χ2v) is 7.82. The Morgan fingerprint density at radius 1 is 1.03 bits per heavy atom. The Kier molecular flexibility index (Phi) is 5.18. The van der Waals surface area contributed by atoms with Gasteiger partial charge in [-0.1, -0.05) is 12.8 Å². The van der Waals surface area contributed by atoms with Gasteiger partial charge in [0.05, 0.1) is 24.0 Å². The summed E-state index contributed by atoms with van der Waals surface area (Å²) in [5, 5.41) is 3.41. The molecular weight excluding hydrogens is 366 g/mol. The molecule has 6 heteroatoms. The van der Waals surface area contributed by atoms with Crippen molar-refractivity contribution < 1.29 is 14.3 Å². The quantitative estimate of drug-likeness (QED) is 0.784. The van der Waals surface area contributed by atoms with Crippen molar-refractivity contribution in [3.8, 4) is 0 Å². The highest BCUT2D eigenvalue weighted by molar-refractivity contribution is 6.05. The third-order valence-electron chi connectivity index (χ3n) is 6.03. The predicted molar refractivity (Wildman–Crippen MR) is 115 cm³/mol. The van der Waals surface area contributed by atoms with Crippen molar-refractivity contribution >= 4 is 34.6 Å². The molecule has 0 radical (unpaired) electrons. The molecule has 6 nitrogen and oxygen atoms in total. The minimum absolute atomic E-state index is 0.142. The van der Waals surface area contributed by atoms with Crippen LogP contribution in [-0.4, -0.2) is 38.1 Å². The SMILES string of the molecule is COC(=O)c1ccc(Nc2ccc3c(c2)N(C2CCCC2)[C@H](C)C(=O)N3C)cc1. The van der Waals surface area contributed by atoms with E-state index >= 15 is 0 Å². The first-order valence-electron chi connectivity index (χ1n) is 10.1. The molecule has 0 spiro atoms. The smallest absolute Gasteiger partial charge is 0.337 e. The molecule has 4 rings (SSSR count). The molecule has 1 fully saturated rings. The maximum Gasteiger partial charge on any atom is 0.337 e. The van der Waals surface area contributed by atoms with Crippen LogP contribution in [0.5, 0.6) is 0 Å². The number of methoxy groups -OCH3 is 1. The lowest BCUT2D eigenvalue weighted by molar-refractivity contribution is -0.119. The number of nitrogens with zero attached hydrogens (tertiary/aromatic N) is 2. The lowest BCUT2D eigenvalue weighted by Crippen LogP contribution is -2.54. The average molecular weight is 393 g/mol. The molecule has 1 heterocycles. The molecule has 1 N–H and O–H groups in total. The van der Waals surface area contributed by atoms with Crippen LogP contribution in [0.1, 0.15) is 43.0 Å². The zero-order valence-corrected chi connectivity index (χ0v) is 17.1. The van der Waals surface area contributed by atoms with Crippen LogP contribution in [0.3, 0.4) is 0 Å². The van der Waals surface area contributed by atoms with Gasteiger partial charge in [0.2, 0.25) is 5.91 Å². The van der Waals surface area contributed by atoms with E-state index in [9.17, 15) is 9.59 Å². The lowest BCUT2D eigenvalue weighted by Gasteiger charge is -2.43. The van der Waals surface area contributed by atoms with Gasteiger partial charge in [-0.25, -0.2) is 4.79 Å². The van der Waals surface area contributed by atoms with Crippen molar-refractivity contribution in [2.24, 2.45) is 0 Å². The standard InChI is InChI=1S/C23H27N3O3/c1-15-22(27)25(2)20-13-12-18(14-21(20)26(15)19-6-4-5-7-19)24-17-10-8-16(9-11-17)23(28)29-3/h8-15,19,24H,4-7H2,1-3H3/t15-/m1/s1. The zero-order chi connectivity index (χ0) is 20.5. The molecule has 1 atom stereocenters. The number of ether oxygens (including phenoxy) is 1. The van der Waals surface area contributed by atoms with Crippen molar-refractivity contribution in [3.05, 3.63) is 48.0 Å². The first kappa shape index (κ1) is 19.3. The van der Waals surface area contributed by atoms with Gasteiger partial charge in [-0.3, -0.25) is 4.79 Å². The second kappa shape index (κ2) is 7.78. The number of fused-ring (bicyclic) bond motifs is 1. The van der Waals surface area contributed by atoms with Gasteiger partial charge in [0.15, 0.2) is 0 Å². The van der Waals surface area contributed by atoms with E-state index < -0.39 is 0 Å². The number of rotatable bonds is 4. The number of likely N-dealkylation sites (N-methyl/N-ethyl adjacent to an activating group) is 1. The van der Waals surface area contributed by atoms with Crippen LogP contribution in [0.25, 0.3) is 0 Å². The van der Waals surface area contributed by atoms with Gasteiger partial charge in [0.1, 0.15) is 6.04 Å². The zero-order valence-electron chi connectivity index (χ0n) is 17.1. The molecule has 1 saturated carbocycles. The number of hydrogen-bond acceptors (Lipinski definition) is 5. The molecule has 152 valence electrons. The highest BCUT2D eigenvalue weighted by Crippen LogP contribution is 2.41. The molecule has 0 saturated heterocycles. The molecule has 1 amide bonds. The Bertz CT molecular complexity index is 919. The Hall–Kier alpha value is -3.02. The molecular formula is C23H27N3O3. The van der Waals surface area contributed by atoms with Crippen LogP contribution in [0, 0.1) is 0 Å².